The van der Waals surface area contributed by atoms with Crippen LogP contribution in [-0.4, -0.2) is 39.0 Å². The molecule has 0 bridgehead atoms. The van der Waals surface area contributed by atoms with E-state index in [1.54, 1.807) is 0 Å². The zero-order valence-electron chi connectivity index (χ0n) is 11.4. The lowest BCUT2D eigenvalue weighted by Crippen LogP contribution is -2.17. The standard InChI is InChI=1S/C14H29NO2/c1-2-3-10-16-12-13-17-11-6-4-5-9-15-14-7-8-14/h14-15H,2-13H2,1H3. The number of unbranched alkanes of at least 4 members (excludes halogenated alkanes) is 3. The molecule has 0 radical (unpaired) electrons. The van der Waals surface area contributed by atoms with Gasteiger partial charge in [0.15, 0.2) is 0 Å². The number of hydrogen-bond donors (Lipinski definition) is 1. The van der Waals surface area contributed by atoms with Crippen molar-refractivity contribution in [2.24, 2.45) is 0 Å². The third kappa shape index (κ3) is 10.7. The molecule has 0 unspecified atom stereocenters. The smallest absolute Gasteiger partial charge is 0.0700 e. The van der Waals surface area contributed by atoms with Crippen LogP contribution < -0.4 is 5.32 Å². The SMILES string of the molecule is CCCCOCCOCCCCCNC1CC1. The Labute approximate surface area is 106 Å². The van der Waals surface area contributed by atoms with Crippen molar-refractivity contribution in [1.29, 1.82) is 0 Å². The molecule has 1 N–H and O–H groups in total. The van der Waals surface area contributed by atoms with Gasteiger partial charge in [0.2, 0.25) is 0 Å². The van der Waals surface area contributed by atoms with Crippen molar-refractivity contribution in [2.75, 3.05) is 33.0 Å². The van der Waals surface area contributed by atoms with Gasteiger partial charge >= 0.3 is 0 Å². The van der Waals surface area contributed by atoms with Gasteiger partial charge in [-0.1, -0.05) is 13.3 Å². The average Bonchev–Trinajstić information content (AvgIpc) is 3.15. The molecule has 0 amide bonds. The molecule has 1 fully saturated rings. The predicted molar refractivity (Wildman–Crippen MR) is 71.4 cm³/mol. The van der Waals surface area contributed by atoms with Crippen molar-refractivity contribution in [3.63, 3.8) is 0 Å². The first kappa shape index (κ1) is 14.9. The Morgan fingerprint density at radius 1 is 0.882 bits per heavy atom. The highest BCUT2D eigenvalue weighted by molar-refractivity contribution is 4.80. The summed E-state index contributed by atoms with van der Waals surface area (Å²) in [6.07, 6.45) is 8.89. The van der Waals surface area contributed by atoms with E-state index < -0.39 is 0 Å². The van der Waals surface area contributed by atoms with Gasteiger partial charge in [0.1, 0.15) is 0 Å². The van der Waals surface area contributed by atoms with E-state index in [-0.39, 0.29) is 0 Å². The second kappa shape index (κ2) is 11.0. The van der Waals surface area contributed by atoms with Crippen LogP contribution in [0.3, 0.4) is 0 Å². The van der Waals surface area contributed by atoms with E-state index in [0.717, 1.165) is 38.9 Å². The minimum Gasteiger partial charge on any atom is -0.379 e. The maximum absolute atomic E-state index is 5.51. The van der Waals surface area contributed by atoms with E-state index in [1.807, 2.05) is 0 Å². The monoisotopic (exact) mass is 243 g/mol. The summed E-state index contributed by atoms with van der Waals surface area (Å²) < 4.78 is 10.9. The molecular formula is C14H29NO2. The minimum absolute atomic E-state index is 0.753. The van der Waals surface area contributed by atoms with Crippen molar-refractivity contribution in [3.05, 3.63) is 0 Å². The van der Waals surface area contributed by atoms with Crippen molar-refractivity contribution in [2.45, 2.75) is 57.9 Å². The normalized spacial score (nSPS) is 15.4. The zero-order chi connectivity index (χ0) is 12.2. The molecule has 0 aromatic heterocycles. The Morgan fingerprint density at radius 3 is 2.24 bits per heavy atom. The molecule has 0 heterocycles. The third-order valence-corrected chi connectivity index (χ3v) is 2.99. The minimum atomic E-state index is 0.753. The van der Waals surface area contributed by atoms with Gasteiger partial charge in [-0.15, -0.1) is 0 Å². The largest absolute Gasteiger partial charge is 0.379 e. The van der Waals surface area contributed by atoms with Crippen molar-refractivity contribution >= 4 is 0 Å². The lowest BCUT2D eigenvalue weighted by atomic mass is 10.2. The number of ether oxygens (including phenoxy) is 2. The molecular weight excluding hydrogens is 214 g/mol. The highest BCUT2D eigenvalue weighted by Crippen LogP contribution is 2.18. The van der Waals surface area contributed by atoms with Gasteiger partial charge < -0.3 is 14.8 Å². The Kier molecular flexibility index (Phi) is 9.66. The summed E-state index contributed by atoms with van der Waals surface area (Å²) in [6, 6.07) is 0.853. The first-order chi connectivity index (χ1) is 8.43. The van der Waals surface area contributed by atoms with Gasteiger partial charge in [0, 0.05) is 19.3 Å². The van der Waals surface area contributed by atoms with Crippen LogP contribution in [0.1, 0.15) is 51.9 Å². The van der Waals surface area contributed by atoms with Crippen molar-refractivity contribution in [1.82, 2.24) is 5.32 Å². The molecule has 102 valence electrons. The fourth-order valence-electron chi connectivity index (χ4n) is 1.67. The summed E-state index contributed by atoms with van der Waals surface area (Å²) >= 11 is 0. The molecule has 3 heteroatoms. The molecule has 3 nitrogen and oxygen atoms in total. The van der Waals surface area contributed by atoms with E-state index in [4.69, 9.17) is 9.47 Å². The van der Waals surface area contributed by atoms with Crippen LogP contribution in [0.5, 0.6) is 0 Å². The molecule has 1 aliphatic carbocycles. The van der Waals surface area contributed by atoms with Crippen LogP contribution in [0.15, 0.2) is 0 Å². The van der Waals surface area contributed by atoms with Crippen LogP contribution in [0.2, 0.25) is 0 Å². The van der Waals surface area contributed by atoms with Crippen LogP contribution in [0.25, 0.3) is 0 Å². The second-order valence-electron chi connectivity index (χ2n) is 4.87. The van der Waals surface area contributed by atoms with E-state index in [9.17, 15) is 0 Å². The highest BCUT2D eigenvalue weighted by atomic mass is 16.5. The van der Waals surface area contributed by atoms with Gasteiger partial charge in [0.25, 0.3) is 0 Å². The topological polar surface area (TPSA) is 30.5 Å². The third-order valence-electron chi connectivity index (χ3n) is 2.99. The molecule has 0 atom stereocenters. The Morgan fingerprint density at radius 2 is 1.59 bits per heavy atom. The summed E-state index contributed by atoms with van der Waals surface area (Å²) in [7, 11) is 0. The molecule has 0 spiro atoms. The maximum atomic E-state index is 5.51. The van der Waals surface area contributed by atoms with Gasteiger partial charge in [-0.25, -0.2) is 0 Å². The van der Waals surface area contributed by atoms with Gasteiger partial charge in [0.05, 0.1) is 13.2 Å². The lowest BCUT2D eigenvalue weighted by molar-refractivity contribution is 0.0453. The summed E-state index contributed by atoms with van der Waals surface area (Å²) in [6.45, 7) is 6.64. The zero-order valence-corrected chi connectivity index (χ0v) is 11.4. The van der Waals surface area contributed by atoms with Gasteiger partial charge in [-0.2, -0.15) is 0 Å². The van der Waals surface area contributed by atoms with Crippen LogP contribution in [0, 0.1) is 0 Å². The summed E-state index contributed by atoms with van der Waals surface area (Å²) in [5, 5.41) is 3.53. The molecule has 1 saturated carbocycles. The molecule has 0 aromatic carbocycles. The van der Waals surface area contributed by atoms with Crippen LogP contribution >= 0.6 is 0 Å². The number of hydrogen-bond acceptors (Lipinski definition) is 3. The van der Waals surface area contributed by atoms with E-state index in [0.29, 0.717) is 0 Å². The molecule has 1 aliphatic rings. The molecule has 0 aromatic rings. The number of rotatable bonds is 13. The average molecular weight is 243 g/mol. The highest BCUT2D eigenvalue weighted by Gasteiger charge is 2.19. The Hall–Kier alpha value is -0.120. The second-order valence-corrected chi connectivity index (χ2v) is 4.87. The van der Waals surface area contributed by atoms with Crippen LogP contribution in [0.4, 0.5) is 0 Å². The maximum Gasteiger partial charge on any atom is 0.0700 e. The molecule has 1 rings (SSSR count). The van der Waals surface area contributed by atoms with E-state index in [1.165, 1.54) is 45.1 Å². The quantitative estimate of drug-likeness (QED) is 0.505. The van der Waals surface area contributed by atoms with Gasteiger partial charge in [-0.05, 0) is 45.1 Å². The first-order valence-corrected chi connectivity index (χ1v) is 7.32. The number of nitrogens with one attached hydrogen (secondary N) is 1. The van der Waals surface area contributed by atoms with Crippen molar-refractivity contribution in [3.8, 4) is 0 Å². The summed E-state index contributed by atoms with van der Waals surface area (Å²) in [4.78, 5) is 0. The Balaban J connectivity index is 1.61. The lowest BCUT2D eigenvalue weighted by Gasteiger charge is -2.05. The molecule has 17 heavy (non-hydrogen) atoms. The summed E-state index contributed by atoms with van der Waals surface area (Å²) in [5.41, 5.74) is 0. The molecule has 0 saturated heterocycles. The molecule has 0 aliphatic heterocycles. The first-order valence-electron chi connectivity index (χ1n) is 7.32. The van der Waals surface area contributed by atoms with Crippen molar-refractivity contribution < 1.29 is 9.47 Å². The summed E-state index contributed by atoms with van der Waals surface area (Å²) in [5.74, 6) is 0. The fourth-order valence-corrected chi connectivity index (χ4v) is 1.67. The van der Waals surface area contributed by atoms with E-state index in [2.05, 4.69) is 12.2 Å². The van der Waals surface area contributed by atoms with E-state index >= 15 is 0 Å². The van der Waals surface area contributed by atoms with Crippen LogP contribution in [-0.2, 0) is 9.47 Å². The van der Waals surface area contributed by atoms with Gasteiger partial charge in [-0.3, -0.25) is 0 Å². The fraction of sp³-hybridized carbons (Fsp3) is 1.00. The predicted octanol–water partition coefficient (Wildman–Crippen LogP) is 2.74. The Bertz CT molecular complexity index is 160.